The average molecular weight is 240 g/mol. The summed E-state index contributed by atoms with van der Waals surface area (Å²) >= 11 is 0. The molecule has 4 unspecified atom stereocenters. The highest BCUT2D eigenvalue weighted by molar-refractivity contribution is 4.98. The Bertz CT molecular complexity index is 285. The van der Waals surface area contributed by atoms with Crippen LogP contribution in [0.4, 0.5) is 0 Å². The van der Waals surface area contributed by atoms with Crippen molar-refractivity contribution < 1.29 is 14.6 Å². The third-order valence-electron chi connectivity index (χ3n) is 5.30. The number of aliphatic hydroxyl groups excluding tert-OH is 1. The van der Waals surface area contributed by atoms with Crippen LogP contribution in [0.5, 0.6) is 0 Å². The SMILES string of the molecule is CC1(C2CCOC3(CCOC3)C2)CCC(O)C1. The zero-order valence-electron chi connectivity index (χ0n) is 10.8. The van der Waals surface area contributed by atoms with Gasteiger partial charge in [0.2, 0.25) is 0 Å². The van der Waals surface area contributed by atoms with Crippen LogP contribution in [0.1, 0.15) is 45.4 Å². The molecule has 1 aliphatic carbocycles. The van der Waals surface area contributed by atoms with Gasteiger partial charge in [0.05, 0.1) is 18.3 Å². The van der Waals surface area contributed by atoms with Crippen molar-refractivity contribution in [3.05, 3.63) is 0 Å². The minimum atomic E-state index is -0.0707. The Morgan fingerprint density at radius 3 is 2.65 bits per heavy atom. The summed E-state index contributed by atoms with van der Waals surface area (Å²) < 4.78 is 11.5. The maximum atomic E-state index is 9.80. The van der Waals surface area contributed by atoms with Crippen molar-refractivity contribution in [1.82, 2.24) is 0 Å². The highest BCUT2D eigenvalue weighted by atomic mass is 16.6. The van der Waals surface area contributed by atoms with E-state index in [4.69, 9.17) is 9.47 Å². The van der Waals surface area contributed by atoms with Gasteiger partial charge >= 0.3 is 0 Å². The first-order valence-corrected chi connectivity index (χ1v) is 7.02. The quantitative estimate of drug-likeness (QED) is 0.763. The molecule has 2 aliphatic heterocycles. The fourth-order valence-electron chi connectivity index (χ4n) is 4.10. The Kier molecular flexibility index (Phi) is 2.96. The molecule has 0 amide bonds. The zero-order chi connectivity index (χ0) is 11.9. The molecular weight excluding hydrogens is 216 g/mol. The Morgan fingerprint density at radius 2 is 2.00 bits per heavy atom. The second-order valence-electron chi connectivity index (χ2n) is 6.57. The lowest BCUT2D eigenvalue weighted by Crippen LogP contribution is -2.44. The minimum Gasteiger partial charge on any atom is -0.393 e. The van der Waals surface area contributed by atoms with Crippen LogP contribution in [0.2, 0.25) is 0 Å². The third-order valence-corrected chi connectivity index (χ3v) is 5.30. The van der Waals surface area contributed by atoms with E-state index in [-0.39, 0.29) is 11.7 Å². The number of hydrogen-bond acceptors (Lipinski definition) is 3. The van der Waals surface area contributed by atoms with Crippen LogP contribution in [0.15, 0.2) is 0 Å². The van der Waals surface area contributed by atoms with Crippen LogP contribution in [-0.2, 0) is 9.47 Å². The Hall–Kier alpha value is -0.120. The lowest BCUT2D eigenvalue weighted by molar-refractivity contribution is -0.118. The molecule has 0 bridgehead atoms. The van der Waals surface area contributed by atoms with Gasteiger partial charge in [0.25, 0.3) is 0 Å². The summed E-state index contributed by atoms with van der Waals surface area (Å²) in [6.45, 7) is 4.87. The maximum Gasteiger partial charge on any atom is 0.0939 e. The summed E-state index contributed by atoms with van der Waals surface area (Å²) in [7, 11) is 0. The van der Waals surface area contributed by atoms with E-state index >= 15 is 0 Å². The first-order chi connectivity index (χ1) is 8.12. The van der Waals surface area contributed by atoms with E-state index in [0.717, 1.165) is 51.9 Å². The molecule has 0 aromatic carbocycles. The lowest BCUT2D eigenvalue weighted by Gasteiger charge is -2.44. The van der Waals surface area contributed by atoms with Gasteiger partial charge in [-0.25, -0.2) is 0 Å². The third kappa shape index (κ3) is 2.13. The molecule has 2 heterocycles. The summed E-state index contributed by atoms with van der Waals surface area (Å²) in [5, 5.41) is 9.80. The first-order valence-electron chi connectivity index (χ1n) is 7.02. The number of hydrogen-bond donors (Lipinski definition) is 1. The van der Waals surface area contributed by atoms with Crippen LogP contribution in [0, 0.1) is 11.3 Å². The van der Waals surface area contributed by atoms with Crippen molar-refractivity contribution in [2.45, 2.75) is 57.2 Å². The summed E-state index contributed by atoms with van der Waals surface area (Å²) in [6, 6.07) is 0. The summed E-state index contributed by atoms with van der Waals surface area (Å²) in [5.41, 5.74) is 0.345. The van der Waals surface area contributed by atoms with Crippen molar-refractivity contribution in [3.63, 3.8) is 0 Å². The van der Waals surface area contributed by atoms with Gasteiger partial charge in [-0.05, 0) is 43.4 Å². The van der Waals surface area contributed by atoms with Crippen LogP contribution in [0.25, 0.3) is 0 Å². The van der Waals surface area contributed by atoms with Crippen LogP contribution in [-0.4, -0.2) is 36.6 Å². The molecule has 3 fully saturated rings. The molecule has 1 spiro atoms. The lowest BCUT2D eigenvalue weighted by atomic mass is 9.68. The van der Waals surface area contributed by atoms with E-state index in [1.165, 1.54) is 6.42 Å². The molecule has 3 heteroatoms. The van der Waals surface area contributed by atoms with Gasteiger partial charge in [0.1, 0.15) is 0 Å². The summed E-state index contributed by atoms with van der Waals surface area (Å²) in [4.78, 5) is 0. The summed E-state index contributed by atoms with van der Waals surface area (Å²) in [5.74, 6) is 0.704. The van der Waals surface area contributed by atoms with Crippen molar-refractivity contribution in [1.29, 1.82) is 0 Å². The first kappa shape index (κ1) is 11.9. The Balaban J connectivity index is 1.71. The van der Waals surface area contributed by atoms with Crippen molar-refractivity contribution in [2.75, 3.05) is 19.8 Å². The van der Waals surface area contributed by atoms with E-state index < -0.39 is 0 Å². The van der Waals surface area contributed by atoms with Gasteiger partial charge in [-0.3, -0.25) is 0 Å². The van der Waals surface area contributed by atoms with Gasteiger partial charge in [-0.1, -0.05) is 6.92 Å². The van der Waals surface area contributed by atoms with E-state index in [1.807, 2.05) is 0 Å². The van der Waals surface area contributed by atoms with Crippen molar-refractivity contribution in [2.24, 2.45) is 11.3 Å². The van der Waals surface area contributed by atoms with Gasteiger partial charge in [-0.2, -0.15) is 0 Å². The fraction of sp³-hybridized carbons (Fsp3) is 1.00. The highest BCUT2D eigenvalue weighted by Gasteiger charge is 2.48. The number of rotatable bonds is 1. The van der Waals surface area contributed by atoms with E-state index in [0.29, 0.717) is 11.3 Å². The molecule has 0 radical (unpaired) electrons. The Labute approximate surface area is 103 Å². The molecule has 3 nitrogen and oxygen atoms in total. The Morgan fingerprint density at radius 1 is 1.12 bits per heavy atom. The topological polar surface area (TPSA) is 38.7 Å². The molecule has 4 atom stereocenters. The zero-order valence-corrected chi connectivity index (χ0v) is 10.8. The van der Waals surface area contributed by atoms with Gasteiger partial charge in [0.15, 0.2) is 0 Å². The van der Waals surface area contributed by atoms with Crippen LogP contribution >= 0.6 is 0 Å². The normalized spacial score (nSPS) is 51.2. The second-order valence-corrected chi connectivity index (χ2v) is 6.57. The van der Waals surface area contributed by atoms with E-state index in [2.05, 4.69) is 6.92 Å². The molecule has 1 N–H and O–H groups in total. The minimum absolute atomic E-state index is 0.0134. The van der Waals surface area contributed by atoms with Gasteiger partial charge < -0.3 is 14.6 Å². The predicted octanol–water partition coefficient (Wildman–Crippen LogP) is 2.12. The monoisotopic (exact) mass is 240 g/mol. The molecule has 2 saturated heterocycles. The molecular formula is C14H24O3. The molecule has 3 aliphatic rings. The van der Waals surface area contributed by atoms with Crippen molar-refractivity contribution in [3.8, 4) is 0 Å². The summed E-state index contributed by atoms with van der Waals surface area (Å²) in [6.07, 6.45) is 6.42. The molecule has 17 heavy (non-hydrogen) atoms. The largest absolute Gasteiger partial charge is 0.393 e. The molecule has 0 aromatic heterocycles. The predicted molar refractivity (Wildman–Crippen MR) is 64.8 cm³/mol. The average Bonchev–Trinajstić information content (AvgIpc) is 2.88. The van der Waals surface area contributed by atoms with Crippen LogP contribution in [0.3, 0.4) is 0 Å². The molecule has 0 aromatic rings. The van der Waals surface area contributed by atoms with Gasteiger partial charge in [-0.15, -0.1) is 0 Å². The molecule has 1 saturated carbocycles. The van der Waals surface area contributed by atoms with Gasteiger partial charge in [0, 0.05) is 19.6 Å². The molecule has 98 valence electrons. The maximum absolute atomic E-state index is 9.80. The molecule has 3 rings (SSSR count). The fourth-order valence-corrected chi connectivity index (χ4v) is 4.10. The van der Waals surface area contributed by atoms with Crippen molar-refractivity contribution >= 4 is 0 Å². The van der Waals surface area contributed by atoms with Crippen LogP contribution < -0.4 is 0 Å². The second kappa shape index (κ2) is 4.22. The number of aliphatic hydroxyl groups is 1. The smallest absolute Gasteiger partial charge is 0.0939 e. The number of ether oxygens (including phenoxy) is 2. The standard InChI is InChI=1S/C14H24O3/c1-13(4-2-12(15)9-13)11-3-6-17-14(8-11)5-7-16-10-14/h11-12,15H,2-10H2,1H3. The highest BCUT2D eigenvalue weighted by Crippen LogP contribution is 2.51. The van der Waals surface area contributed by atoms with E-state index in [1.54, 1.807) is 0 Å². The van der Waals surface area contributed by atoms with E-state index in [9.17, 15) is 5.11 Å².